The van der Waals surface area contributed by atoms with Gasteiger partial charge in [-0.3, -0.25) is 25.3 Å². The molecule has 0 unspecified atom stereocenters. The van der Waals surface area contributed by atoms with Gasteiger partial charge < -0.3 is 27.3 Å². The predicted molar refractivity (Wildman–Crippen MR) is 31.4 cm³/mol. The Balaban J connectivity index is -0.0000000655. The standard InChI is InChI=1S/3H2O4S.V/c3*1-5(2,3)4;/h3*(H2,1,2,3,4);/q;;;+6/p-6. The minimum Gasteiger partial charge on any atom is -0.759 e. The summed E-state index contributed by atoms with van der Waals surface area (Å²) in [6, 6.07) is 0. The van der Waals surface area contributed by atoms with Crippen LogP contribution in [0.5, 0.6) is 0 Å². The zero-order valence-corrected chi connectivity index (χ0v) is 10.4. The smallest absolute Gasteiger partial charge is 0.759 e. The minimum absolute atomic E-state index is 0. The summed E-state index contributed by atoms with van der Waals surface area (Å²) < 4.78 is 102. The molecule has 0 amide bonds. The third kappa shape index (κ3) is 65400. The van der Waals surface area contributed by atoms with E-state index in [0.717, 1.165) is 0 Å². The second-order valence-corrected chi connectivity index (χ2v) is 3.67. The summed E-state index contributed by atoms with van der Waals surface area (Å²) in [6.07, 6.45) is 0. The topological polar surface area (TPSA) is 241 Å². The maximum atomic E-state index is 8.52. The summed E-state index contributed by atoms with van der Waals surface area (Å²) >= 11 is 0. The molecule has 16 heavy (non-hydrogen) atoms. The van der Waals surface area contributed by atoms with E-state index in [9.17, 15) is 0 Å². The molecule has 0 aromatic carbocycles. The molecular weight excluding hydrogens is 339 g/mol. The van der Waals surface area contributed by atoms with E-state index in [1.165, 1.54) is 0 Å². The molecule has 0 aromatic heterocycles. The van der Waals surface area contributed by atoms with Crippen LogP contribution in [0.2, 0.25) is 0 Å². The fourth-order valence-corrected chi connectivity index (χ4v) is 0. The number of hydrogen-bond donors (Lipinski definition) is 0. The van der Waals surface area contributed by atoms with E-state index in [4.69, 9.17) is 52.6 Å². The molecule has 0 aliphatic rings. The Morgan fingerprint density at radius 1 is 0.438 bits per heavy atom. The van der Waals surface area contributed by atoms with Crippen molar-refractivity contribution in [1.29, 1.82) is 0 Å². The van der Waals surface area contributed by atoms with Gasteiger partial charge in [0.25, 0.3) is 0 Å². The van der Waals surface area contributed by atoms with Crippen LogP contribution in [0, 0.1) is 0 Å². The molecule has 0 atom stereocenters. The summed E-state index contributed by atoms with van der Waals surface area (Å²) in [5.41, 5.74) is 0. The van der Waals surface area contributed by atoms with Crippen LogP contribution in [0.4, 0.5) is 0 Å². The molecular formula is O12S3V. The maximum absolute atomic E-state index is 8.52. The quantitative estimate of drug-likeness (QED) is 0.302. The van der Waals surface area contributed by atoms with Crippen molar-refractivity contribution < 1.29 is 71.1 Å². The van der Waals surface area contributed by atoms with Crippen molar-refractivity contribution in [2.24, 2.45) is 0 Å². The van der Waals surface area contributed by atoms with Crippen molar-refractivity contribution in [3.05, 3.63) is 0 Å². The normalized spacial score (nSPS) is 10.9. The van der Waals surface area contributed by atoms with Crippen LogP contribution >= 0.6 is 0 Å². The van der Waals surface area contributed by atoms with Gasteiger partial charge in [0.05, 0.1) is 0 Å². The van der Waals surface area contributed by atoms with Crippen LogP contribution in [0.3, 0.4) is 0 Å². The fraction of sp³-hybridized carbons (Fsp3) is 0. The van der Waals surface area contributed by atoms with Crippen molar-refractivity contribution in [2.45, 2.75) is 0 Å². The molecule has 0 aliphatic heterocycles. The Hall–Kier alpha value is 0.194. The van der Waals surface area contributed by atoms with E-state index in [1.54, 1.807) is 0 Å². The van der Waals surface area contributed by atoms with Crippen LogP contribution < -0.4 is 0 Å². The van der Waals surface area contributed by atoms with Gasteiger partial charge in [0.1, 0.15) is 0 Å². The predicted octanol–water partition coefficient (Wildman–Crippen LogP) is -4.02. The molecule has 0 rings (SSSR count). The summed E-state index contributed by atoms with van der Waals surface area (Å²) in [6.45, 7) is 0. The fourth-order valence-electron chi connectivity index (χ4n) is 0. The second-order valence-electron chi connectivity index (χ2n) is 1.22. The molecule has 0 N–H and O–H groups in total. The summed E-state index contributed by atoms with van der Waals surface area (Å²) in [4.78, 5) is 0. The van der Waals surface area contributed by atoms with Crippen LogP contribution in [0.25, 0.3) is 0 Å². The van der Waals surface area contributed by atoms with Gasteiger partial charge >= 0.3 is 18.6 Å². The number of rotatable bonds is 0. The Morgan fingerprint density at radius 2 is 0.438 bits per heavy atom. The second kappa shape index (κ2) is 9.25. The van der Waals surface area contributed by atoms with Crippen LogP contribution in [0.15, 0.2) is 0 Å². The molecule has 12 nitrogen and oxygen atoms in total. The summed E-state index contributed by atoms with van der Waals surface area (Å²) in [5.74, 6) is 0. The summed E-state index contributed by atoms with van der Waals surface area (Å²) in [7, 11) is -15.5. The van der Waals surface area contributed by atoms with Crippen molar-refractivity contribution in [3.63, 3.8) is 0 Å². The van der Waals surface area contributed by atoms with Crippen LogP contribution in [-0.4, -0.2) is 52.6 Å². The Bertz CT molecular complexity index is 337. The van der Waals surface area contributed by atoms with Gasteiger partial charge in [0, 0.05) is 31.2 Å². The van der Waals surface area contributed by atoms with Crippen molar-refractivity contribution in [1.82, 2.24) is 0 Å². The molecule has 0 fully saturated rings. The maximum Gasteiger partial charge on any atom is 6.00 e. The molecule has 0 saturated heterocycles. The van der Waals surface area contributed by atoms with E-state index in [2.05, 4.69) is 0 Å². The van der Waals surface area contributed by atoms with Crippen LogP contribution in [-0.2, 0) is 49.8 Å². The average Bonchev–Trinajstić information content (AvgIpc) is 1.41. The van der Waals surface area contributed by atoms with Gasteiger partial charge in [-0.05, 0) is 0 Å². The van der Waals surface area contributed by atoms with Gasteiger partial charge in [0.2, 0.25) is 0 Å². The van der Waals surface area contributed by atoms with Gasteiger partial charge in [0.15, 0.2) is 0 Å². The SMILES string of the molecule is O=S(=O)([O-])[O-].O=S(=O)([O-])[O-].O=S(=O)([O-])[O-].[V+6]. The van der Waals surface area contributed by atoms with Crippen molar-refractivity contribution in [3.8, 4) is 0 Å². The molecule has 0 bridgehead atoms. The third-order valence-corrected chi connectivity index (χ3v) is 0. The molecule has 0 radical (unpaired) electrons. The minimum atomic E-state index is -5.17. The molecule has 16 heteroatoms. The first-order valence-electron chi connectivity index (χ1n) is 2.00. The van der Waals surface area contributed by atoms with Crippen LogP contribution in [0.1, 0.15) is 0 Å². The first-order valence-corrected chi connectivity index (χ1v) is 6.00. The van der Waals surface area contributed by atoms with E-state index in [1.807, 2.05) is 0 Å². The van der Waals surface area contributed by atoms with Crippen molar-refractivity contribution >= 4 is 31.2 Å². The Labute approximate surface area is 102 Å². The molecule has 0 aliphatic carbocycles. The van der Waals surface area contributed by atoms with E-state index < -0.39 is 31.2 Å². The summed E-state index contributed by atoms with van der Waals surface area (Å²) in [5, 5.41) is 0. The van der Waals surface area contributed by atoms with Gasteiger partial charge in [-0.2, -0.15) is 0 Å². The molecule has 95 valence electrons. The number of hydrogen-bond acceptors (Lipinski definition) is 12. The average molecular weight is 339 g/mol. The van der Waals surface area contributed by atoms with E-state index >= 15 is 0 Å². The monoisotopic (exact) mass is 339 g/mol. The Morgan fingerprint density at radius 3 is 0.438 bits per heavy atom. The first-order chi connectivity index (χ1) is 6.00. The van der Waals surface area contributed by atoms with E-state index in [0.29, 0.717) is 0 Å². The van der Waals surface area contributed by atoms with E-state index in [-0.39, 0.29) is 18.6 Å². The van der Waals surface area contributed by atoms with Crippen molar-refractivity contribution in [2.75, 3.05) is 0 Å². The van der Waals surface area contributed by atoms with Gasteiger partial charge in [-0.25, -0.2) is 0 Å². The first kappa shape index (κ1) is 25.1. The molecule has 0 heterocycles. The zero-order chi connectivity index (χ0) is 13.5. The molecule has 0 saturated carbocycles. The third-order valence-electron chi connectivity index (χ3n) is 0. The van der Waals surface area contributed by atoms with Gasteiger partial charge in [-0.15, -0.1) is 0 Å². The zero-order valence-electron chi connectivity index (χ0n) is 6.57. The molecule has 0 aromatic rings. The largest absolute Gasteiger partial charge is 6.00 e. The van der Waals surface area contributed by atoms with Gasteiger partial charge in [-0.1, -0.05) is 0 Å². The molecule has 0 spiro atoms. The Kier molecular flexibility index (Phi) is 14.5.